The van der Waals surface area contributed by atoms with Gasteiger partial charge in [0.2, 0.25) is 5.78 Å². The van der Waals surface area contributed by atoms with Crippen molar-refractivity contribution in [3.63, 3.8) is 0 Å². The molecule has 2 aromatic carbocycles. The molecule has 4 aromatic rings. The second kappa shape index (κ2) is 7.03. The van der Waals surface area contributed by atoms with E-state index in [0.717, 1.165) is 33.5 Å². The molecule has 6 heteroatoms. The van der Waals surface area contributed by atoms with Crippen LogP contribution in [-0.4, -0.2) is 31.9 Å². The quantitative estimate of drug-likeness (QED) is 0.393. The van der Waals surface area contributed by atoms with E-state index in [4.69, 9.17) is 4.74 Å². The molecular weight excluding hydrogens is 344 g/mol. The normalized spacial score (nSPS) is 11.7. The number of rotatable bonds is 6. The van der Waals surface area contributed by atoms with Crippen LogP contribution in [-0.2, 0) is 0 Å². The van der Waals surface area contributed by atoms with Gasteiger partial charge in [-0.25, -0.2) is 10.1 Å². The van der Waals surface area contributed by atoms with Crippen LogP contribution < -0.4 is 4.74 Å². The molecule has 0 fully saturated rings. The monoisotopic (exact) mass is 366 g/mol. The zero-order chi connectivity index (χ0) is 18.1. The van der Waals surface area contributed by atoms with Gasteiger partial charge >= 0.3 is 0 Å². The Hall–Kier alpha value is -2.47. The highest BCUT2D eigenvalue weighted by atomic mass is 32.2. The third-order valence-electron chi connectivity index (χ3n) is 4.37. The lowest BCUT2D eigenvalue weighted by Gasteiger charge is -2.14. The van der Waals surface area contributed by atoms with Crippen molar-refractivity contribution in [2.45, 2.75) is 31.8 Å². The largest absolute Gasteiger partial charge is 0.492 e. The zero-order valence-electron chi connectivity index (χ0n) is 15.2. The lowest BCUT2D eigenvalue weighted by atomic mass is 10.0. The lowest BCUT2D eigenvalue weighted by molar-refractivity contribution is 0.338. The Morgan fingerprint density at radius 1 is 1.19 bits per heavy atom. The molecular formula is C20H22N4OS. The van der Waals surface area contributed by atoms with E-state index in [0.29, 0.717) is 12.5 Å². The standard InChI is InChI=1S/C20H22N4OS/c1-13(2)15-9-8-14(3)12-18(15)25-10-11-26-20-23-22-19-21-16-6-4-5-7-17(16)24(19)20/h4-9,12-13H,10-11H2,1-3H3,(H,21,22). The number of fused-ring (bicyclic) bond motifs is 3. The minimum atomic E-state index is 0.446. The van der Waals surface area contributed by atoms with E-state index in [1.165, 1.54) is 11.1 Å². The fraction of sp³-hybridized carbons (Fsp3) is 0.300. The van der Waals surface area contributed by atoms with Crippen LogP contribution in [0.25, 0.3) is 16.8 Å². The fourth-order valence-electron chi connectivity index (χ4n) is 3.07. The van der Waals surface area contributed by atoms with Crippen LogP contribution >= 0.6 is 11.8 Å². The molecule has 0 aliphatic heterocycles. The number of nitrogens with zero attached hydrogens (tertiary/aromatic N) is 3. The maximum absolute atomic E-state index is 6.07. The molecule has 1 N–H and O–H groups in total. The molecule has 0 saturated heterocycles. The number of hydrogen-bond donors (Lipinski definition) is 1. The van der Waals surface area contributed by atoms with Gasteiger partial charge in [0.1, 0.15) is 5.75 Å². The summed E-state index contributed by atoms with van der Waals surface area (Å²) in [5.74, 6) is 3.02. The van der Waals surface area contributed by atoms with Gasteiger partial charge in [-0.15, -0.1) is 5.10 Å². The number of hydrogen-bond acceptors (Lipinski definition) is 4. The molecule has 0 amide bonds. The Morgan fingerprint density at radius 3 is 2.88 bits per heavy atom. The van der Waals surface area contributed by atoms with Crippen LogP contribution in [0.1, 0.15) is 30.9 Å². The topological polar surface area (TPSA) is 55.2 Å². The summed E-state index contributed by atoms with van der Waals surface area (Å²) in [6, 6.07) is 14.5. The third-order valence-corrected chi connectivity index (χ3v) is 5.27. The Bertz CT molecular complexity index is 1050. The number of aromatic nitrogens is 4. The van der Waals surface area contributed by atoms with Gasteiger partial charge in [-0.2, -0.15) is 0 Å². The molecule has 0 atom stereocenters. The molecule has 0 unspecified atom stereocenters. The highest BCUT2D eigenvalue weighted by Gasteiger charge is 2.12. The number of thioether (sulfide) groups is 1. The maximum atomic E-state index is 6.07. The molecule has 134 valence electrons. The van der Waals surface area contributed by atoms with Gasteiger partial charge in [-0.1, -0.05) is 49.9 Å². The molecule has 0 radical (unpaired) electrons. The molecule has 2 heterocycles. The first kappa shape index (κ1) is 17.0. The van der Waals surface area contributed by atoms with Crippen molar-refractivity contribution in [3.8, 4) is 5.75 Å². The number of ether oxygens (including phenoxy) is 1. The highest BCUT2D eigenvalue weighted by Crippen LogP contribution is 2.28. The van der Waals surface area contributed by atoms with Gasteiger partial charge in [-0.05, 0) is 42.2 Å². The smallest absolute Gasteiger partial charge is 0.231 e. The average Bonchev–Trinajstić information content (AvgIpc) is 3.18. The SMILES string of the molecule is Cc1ccc(C(C)C)c(OCCSc2n[nH]c3nc4ccccc4n23)c1. The van der Waals surface area contributed by atoms with Crippen LogP contribution in [0.15, 0.2) is 47.6 Å². The minimum absolute atomic E-state index is 0.446. The first-order valence-electron chi connectivity index (χ1n) is 8.81. The second-order valence-corrected chi connectivity index (χ2v) is 7.72. The summed E-state index contributed by atoms with van der Waals surface area (Å²) in [5, 5.41) is 8.31. The predicted molar refractivity (Wildman–Crippen MR) is 106 cm³/mol. The third kappa shape index (κ3) is 3.17. The Labute approximate surface area is 156 Å². The molecule has 26 heavy (non-hydrogen) atoms. The highest BCUT2D eigenvalue weighted by molar-refractivity contribution is 7.99. The van der Waals surface area contributed by atoms with Crippen LogP contribution in [0.3, 0.4) is 0 Å². The van der Waals surface area contributed by atoms with Gasteiger partial charge in [0, 0.05) is 5.75 Å². The van der Waals surface area contributed by atoms with Crippen molar-refractivity contribution < 1.29 is 4.74 Å². The fourth-order valence-corrected chi connectivity index (χ4v) is 3.84. The van der Waals surface area contributed by atoms with Crippen LogP contribution in [0, 0.1) is 6.92 Å². The van der Waals surface area contributed by atoms with E-state index in [1.54, 1.807) is 11.8 Å². The van der Waals surface area contributed by atoms with Crippen molar-refractivity contribution in [1.82, 2.24) is 19.6 Å². The first-order valence-corrected chi connectivity index (χ1v) is 9.80. The Morgan fingerprint density at radius 2 is 2.04 bits per heavy atom. The van der Waals surface area contributed by atoms with Crippen LogP contribution in [0.2, 0.25) is 0 Å². The molecule has 4 rings (SSSR count). The summed E-state index contributed by atoms with van der Waals surface area (Å²) in [6.07, 6.45) is 0. The number of benzene rings is 2. The van der Waals surface area contributed by atoms with Crippen LogP contribution in [0.5, 0.6) is 5.75 Å². The van der Waals surface area contributed by atoms with Gasteiger partial charge in [0.05, 0.1) is 17.6 Å². The molecule has 0 aliphatic carbocycles. The second-order valence-electron chi connectivity index (χ2n) is 6.66. The van der Waals surface area contributed by atoms with Crippen molar-refractivity contribution in [1.29, 1.82) is 0 Å². The number of nitrogens with one attached hydrogen (secondary N) is 1. The number of H-pyrrole nitrogens is 1. The summed E-state index contributed by atoms with van der Waals surface area (Å²) in [7, 11) is 0. The minimum Gasteiger partial charge on any atom is -0.492 e. The van der Waals surface area contributed by atoms with Crippen molar-refractivity contribution in [2.75, 3.05) is 12.4 Å². The zero-order valence-corrected chi connectivity index (χ0v) is 16.0. The van der Waals surface area contributed by atoms with Crippen molar-refractivity contribution >= 4 is 28.6 Å². The molecule has 0 saturated carbocycles. The van der Waals surface area contributed by atoms with E-state index >= 15 is 0 Å². The van der Waals surface area contributed by atoms with E-state index in [1.807, 2.05) is 18.2 Å². The molecule has 0 spiro atoms. The maximum Gasteiger partial charge on any atom is 0.231 e. The van der Waals surface area contributed by atoms with E-state index in [9.17, 15) is 0 Å². The van der Waals surface area contributed by atoms with Gasteiger partial charge in [0.15, 0.2) is 5.16 Å². The Balaban J connectivity index is 1.46. The summed E-state index contributed by atoms with van der Waals surface area (Å²) < 4.78 is 8.14. The number of aromatic amines is 1. The Kier molecular flexibility index (Phi) is 4.59. The predicted octanol–water partition coefficient (Wildman–Crippen LogP) is 4.81. The van der Waals surface area contributed by atoms with Crippen LogP contribution in [0.4, 0.5) is 0 Å². The summed E-state index contributed by atoms with van der Waals surface area (Å²) >= 11 is 1.67. The summed E-state index contributed by atoms with van der Waals surface area (Å²) in [5.41, 5.74) is 4.51. The van der Waals surface area contributed by atoms with Crippen molar-refractivity contribution in [2.24, 2.45) is 0 Å². The molecule has 0 bridgehead atoms. The molecule has 2 aromatic heterocycles. The van der Waals surface area contributed by atoms with Crippen molar-refractivity contribution in [3.05, 3.63) is 53.6 Å². The van der Waals surface area contributed by atoms with Gasteiger partial charge in [0.25, 0.3) is 0 Å². The number of imidazole rings is 1. The summed E-state index contributed by atoms with van der Waals surface area (Å²) in [4.78, 5) is 4.55. The van der Waals surface area contributed by atoms with Gasteiger partial charge in [-0.3, -0.25) is 4.40 Å². The molecule has 0 aliphatic rings. The lowest BCUT2D eigenvalue weighted by Crippen LogP contribution is -2.04. The number of para-hydroxylation sites is 2. The first-order chi connectivity index (χ1) is 12.6. The number of aryl methyl sites for hydroxylation is 1. The van der Waals surface area contributed by atoms with E-state index in [2.05, 4.69) is 64.6 Å². The summed E-state index contributed by atoms with van der Waals surface area (Å²) in [6.45, 7) is 7.11. The van der Waals surface area contributed by atoms with E-state index < -0.39 is 0 Å². The molecule has 5 nitrogen and oxygen atoms in total. The van der Waals surface area contributed by atoms with Gasteiger partial charge < -0.3 is 4.74 Å². The van der Waals surface area contributed by atoms with E-state index in [-0.39, 0.29) is 0 Å². The average molecular weight is 366 g/mol.